The van der Waals surface area contributed by atoms with Gasteiger partial charge in [0.25, 0.3) is 0 Å². The summed E-state index contributed by atoms with van der Waals surface area (Å²) in [5, 5.41) is 3.29. The Balaban J connectivity index is 1.54. The zero-order chi connectivity index (χ0) is 24.9. The summed E-state index contributed by atoms with van der Waals surface area (Å²) in [4.78, 5) is 10.2. The lowest BCUT2D eigenvalue weighted by Crippen LogP contribution is -1.94. The highest BCUT2D eigenvalue weighted by Crippen LogP contribution is 2.35. The van der Waals surface area contributed by atoms with Gasteiger partial charge >= 0.3 is 0 Å². The second-order valence-electron chi connectivity index (χ2n) is 9.21. The fraction of sp³-hybridized carbons (Fsp3) is 0. The Bertz CT molecular complexity index is 2060. The van der Waals surface area contributed by atoms with Crippen molar-refractivity contribution in [2.24, 2.45) is 0 Å². The van der Waals surface area contributed by atoms with Crippen molar-refractivity contribution in [2.45, 2.75) is 0 Å². The number of benzene rings is 4. The molecule has 3 nitrogen and oxygen atoms in total. The van der Waals surface area contributed by atoms with E-state index in [0.717, 1.165) is 71.7 Å². The number of nitrogens with zero attached hydrogens (tertiary/aromatic N) is 3. The Morgan fingerprint density at radius 3 is 2.24 bits per heavy atom. The summed E-state index contributed by atoms with van der Waals surface area (Å²) in [6.07, 6.45) is 5.62. The first-order chi connectivity index (χ1) is 18.2. The molecule has 0 spiro atoms. The van der Waals surface area contributed by atoms with Crippen LogP contribution in [0.1, 0.15) is 5.56 Å². The number of para-hydroxylation sites is 3. The van der Waals surface area contributed by atoms with Gasteiger partial charge in [-0.1, -0.05) is 98.1 Å². The van der Waals surface area contributed by atoms with Gasteiger partial charge in [0.1, 0.15) is 5.65 Å². The van der Waals surface area contributed by atoms with Gasteiger partial charge < -0.3 is 0 Å². The molecule has 7 aromatic rings. The van der Waals surface area contributed by atoms with Crippen LogP contribution in [0.2, 0.25) is 0 Å². The minimum atomic E-state index is 0.930. The SMILES string of the molecule is C=C/C=C(\C=C)c1ccc(-c2ccc3c4nc5ccccc5cc4c4nc5ccccc5n4c3c2)cc1. The Morgan fingerprint density at radius 2 is 1.43 bits per heavy atom. The van der Waals surface area contributed by atoms with Crippen LogP contribution >= 0.6 is 0 Å². The predicted octanol–water partition coefficient (Wildman–Crippen LogP) is 8.76. The third kappa shape index (κ3) is 3.29. The Kier molecular flexibility index (Phi) is 4.76. The van der Waals surface area contributed by atoms with E-state index in [0.29, 0.717) is 0 Å². The number of fused-ring (bicyclic) bond motifs is 9. The highest BCUT2D eigenvalue weighted by molar-refractivity contribution is 6.15. The molecule has 0 fully saturated rings. The van der Waals surface area contributed by atoms with E-state index in [1.54, 1.807) is 6.08 Å². The fourth-order valence-electron chi connectivity index (χ4n) is 5.30. The van der Waals surface area contributed by atoms with Crippen molar-refractivity contribution in [1.29, 1.82) is 0 Å². The Morgan fingerprint density at radius 1 is 0.676 bits per heavy atom. The molecule has 0 aliphatic heterocycles. The van der Waals surface area contributed by atoms with Crippen molar-refractivity contribution in [3.05, 3.63) is 134 Å². The smallest absolute Gasteiger partial charge is 0.147 e. The molecule has 0 saturated carbocycles. The van der Waals surface area contributed by atoms with Crippen LogP contribution in [-0.2, 0) is 0 Å². The van der Waals surface area contributed by atoms with Crippen molar-refractivity contribution in [1.82, 2.24) is 14.4 Å². The van der Waals surface area contributed by atoms with E-state index in [-0.39, 0.29) is 0 Å². The maximum atomic E-state index is 5.11. The number of pyridine rings is 2. The third-order valence-corrected chi connectivity index (χ3v) is 7.09. The predicted molar refractivity (Wildman–Crippen MR) is 157 cm³/mol. The summed E-state index contributed by atoms with van der Waals surface area (Å²) in [7, 11) is 0. The monoisotopic (exact) mass is 473 g/mol. The molecule has 0 unspecified atom stereocenters. The summed E-state index contributed by atoms with van der Waals surface area (Å²) in [6, 6.07) is 34.0. The largest absolute Gasteiger partial charge is 0.292 e. The second kappa shape index (κ2) is 8.28. The molecular formula is C34H23N3. The molecule has 0 N–H and O–H groups in total. The van der Waals surface area contributed by atoms with E-state index < -0.39 is 0 Å². The van der Waals surface area contributed by atoms with Crippen LogP contribution in [-0.4, -0.2) is 14.4 Å². The first kappa shape index (κ1) is 21.3. The first-order valence-electron chi connectivity index (χ1n) is 12.3. The maximum Gasteiger partial charge on any atom is 0.147 e. The lowest BCUT2D eigenvalue weighted by Gasteiger charge is -2.12. The van der Waals surface area contributed by atoms with E-state index >= 15 is 0 Å². The van der Waals surface area contributed by atoms with Crippen molar-refractivity contribution in [3.8, 4) is 11.1 Å². The lowest BCUT2D eigenvalue weighted by molar-refractivity contribution is 1.31. The van der Waals surface area contributed by atoms with Crippen molar-refractivity contribution >= 4 is 55.0 Å². The van der Waals surface area contributed by atoms with Crippen LogP contribution in [0.3, 0.4) is 0 Å². The van der Waals surface area contributed by atoms with Crippen molar-refractivity contribution in [3.63, 3.8) is 0 Å². The van der Waals surface area contributed by atoms with Gasteiger partial charge in [-0.3, -0.25) is 4.40 Å². The van der Waals surface area contributed by atoms with E-state index in [2.05, 4.69) is 102 Å². The molecule has 37 heavy (non-hydrogen) atoms. The van der Waals surface area contributed by atoms with Crippen LogP contribution in [0.5, 0.6) is 0 Å². The van der Waals surface area contributed by atoms with Gasteiger partial charge in [0.2, 0.25) is 0 Å². The molecule has 0 radical (unpaired) electrons. The van der Waals surface area contributed by atoms with Crippen LogP contribution < -0.4 is 0 Å². The van der Waals surface area contributed by atoms with Crippen LogP contribution in [0.25, 0.3) is 66.1 Å². The van der Waals surface area contributed by atoms with E-state index in [1.165, 1.54) is 0 Å². The summed E-state index contributed by atoms with van der Waals surface area (Å²) in [5.41, 5.74) is 10.5. The molecule has 174 valence electrons. The van der Waals surface area contributed by atoms with Gasteiger partial charge in [-0.25, -0.2) is 9.97 Å². The molecule has 0 atom stereocenters. The third-order valence-electron chi connectivity index (χ3n) is 7.09. The van der Waals surface area contributed by atoms with Crippen LogP contribution in [0, 0.1) is 0 Å². The molecule has 7 rings (SSSR count). The number of imidazole rings is 1. The van der Waals surface area contributed by atoms with Gasteiger partial charge in [-0.05, 0) is 52.6 Å². The fourth-order valence-corrected chi connectivity index (χ4v) is 5.30. The molecule has 3 aromatic heterocycles. The van der Waals surface area contributed by atoms with Gasteiger partial charge in [-0.2, -0.15) is 0 Å². The lowest BCUT2D eigenvalue weighted by atomic mass is 9.98. The normalized spacial score (nSPS) is 12.2. The summed E-state index contributed by atoms with van der Waals surface area (Å²) in [5.74, 6) is 0. The van der Waals surface area contributed by atoms with Gasteiger partial charge in [-0.15, -0.1) is 0 Å². The number of rotatable bonds is 4. The van der Waals surface area contributed by atoms with Crippen molar-refractivity contribution in [2.75, 3.05) is 0 Å². The maximum absolute atomic E-state index is 5.11. The quantitative estimate of drug-likeness (QED) is 0.145. The molecule has 0 aliphatic carbocycles. The summed E-state index contributed by atoms with van der Waals surface area (Å²) >= 11 is 0. The molecular weight excluding hydrogens is 450 g/mol. The van der Waals surface area contributed by atoms with Gasteiger partial charge in [0, 0.05) is 16.2 Å². The zero-order valence-corrected chi connectivity index (χ0v) is 20.2. The standard InChI is InChI=1S/C34H23N3/c1-3-9-22(4-2)23-14-16-24(17-15-23)25-18-19-27-32(21-25)37-31-13-8-7-12-30(31)36-34(37)28-20-26-10-5-6-11-29(26)35-33(27)28/h3-21H,1-2H2/b22-9+. The molecule has 3 heteroatoms. The highest BCUT2D eigenvalue weighted by atomic mass is 15.0. The number of aromatic nitrogens is 3. The topological polar surface area (TPSA) is 30.2 Å². The first-order valence-corrected chi connectivity index (χ1v) is 12.3. The van der Waals surface area contributed by atoms with E-state index in [1.807, 2.05) is 24.3 Å². The molecule has 3 heterocycles. The molecule has 0 aliphatic rings. The summed E-state index contributed by atoms with van der Waals surface area (Å²) < 4.78 is 2.28. The van der Waals surface area contributed by atoms with E-state index in [4.69, 9.17) is 9.97 Å². The van der Waals surface area contributed by atoms with Crippen molar-refractivity contribution < 1.29 is 0 Å². The minimum Gasteiger partial charge on any atom is -0.292 e. The van der Waals surface area contributed by atoms with Gasteiger partial charge in [0.15, 0.2) is 0 Å². The number of hydrogen-bond donors (Lipinski definition) is 0. The van der Waals surface area contributed by atoms with Crippen LogP contribution in [0.4, 0.5) is 0 Å². The molecule has 0 saturated heterocycles. The average molecular weight is 474 g/mol. The number of hydrogen-bond acceptors (Lipinski definition) is 2. The zero-order valence-electron chi connectivity index (χ0n) is 20.2. The van der Waals surface area contributed by atoms with E-state index in [9.17, 15) is 0 Å². The van der Waals surface area contributed by atoms with Crippen LogP contribution in [0.15, 0.2) is 128 Å². The highest BCUT2D eigenvalue weighted by Gasteiger charge is 2.16. The molecule has 4 aromatic carbocycles. The summed E-state index contributed by atoms with van der Waals surface area (Å²) in [6.45, 7) is 7.74. The minimum absolute atomic E-state index is 0.930. The molecule has 0 amide bonds. The Hall–Kier alpha value is -5.02. The molecule has 0 bridgehead atoms. The number of allylic oxidation sites excluding steroid dienone is 4. The average Bonchev–Trinajstić information content (AvgIpc) is 3.35. The second-order valence-corrected chi connectivity index (χ2v) is 9.21. The Labute approximate surface area is 214 Å². The van der Waals surface area contributed by atoms with Gasteiger partial charge in [0.05, 0.1) is 27.6 Å².